The van der Waals surface area contributed by atoms with Crippen molar-refractivity contribution in [3.63, 3.8) is 0 Å². The first-order chi connectivity index (χ1) is 18.0. The van der Waals surface area contributed by atoms with Crippen molar-refractivity contribution in [2.45, 2.75) is 77.9 Å². The van der Waals surface area contributed by atoms with E-state index >= 15 is 0 Å². The highest BCUT2D eigenvalue weighted by Gasteiger charge is 2.26. The number of aliphatic hydroxyl groups is 1. The molecule has 0 aliphatic rings. The van der Waals surface area contributed by atoms with Crippen LogP contribution in [0.15, 0.2) is 36.4 Å². The first-order valence-electron chi connectivity index (χ1n) is 13.2. The minimum atomic E-state index is -0.872. The number of nitrogens with two attached hydrogens (primary N) is 1. The van der Waals surface area contributed by atoms with Crippen LogP contribution in [0, 0.1) is 12.7 Å². The van der Waals surface area contributed by atoms with Gasteiger partial charge in [-0.05, 0) is 74.9 Å². The van der Waals surface area contributed by atoms with Crippen molar-refractivity contribution in [3.05, 3.63) is 64.7 Å². The van der Waals surface area contributed by atoms with E-state index in [2.05, 4.69) is 10.1 Å². The minimum absolute atomic E-state index is 0.00925. The minimum Gasteiger partial charge on any atom is -0.385 e. The largest absolute Gasteiger partial charge is 0.385 e. The number of nitrogen functional groups attached to an aromatic ring is 1. The summed E-state index contributed by atoms with van der Waals surface area (Å²) in [6.07, 6.45) is 2.71. The van der Waals surface area contributed by atoms with Gasteiger partial charge in [-0.15, -0.1) is 5.10 Å². The highest BCUT2D eigenvalue weighted by atomic mass is 19.1. The number of benzene rings is 2. The Morgan fingerprint density at radius 2 is 1.79 bits per heavy atom. The van der Waals surface area contributed by atoms with E-state index in [4.69, 9.17) is 10.7 Å². The van der Waals surface area contributed by atoms with Crippen molar-refractivity contribution >= 4 is 28.4 Å². The van der Waals surface area contributed by atoms with Crippen molar-refractivity contribution in [3.8, 4) is 0 Å². The topological polar surface area (TPSA) is 110 Å². The van der Waals surface area contributed by atoms with Gasteiger partial charge in [-0.3, -0.25) is 4.79 Å². The highest BCUT2D eigenvalue weighted by Crippen LogP contribution is 2.29. The van der Waals surface area contributed by atoms with Gasteiger partial charge < -0.3 is 15.7 Å². The molecule has 0 radical (unpaired) electrons. The van der Waals surface area contributed by atoms with Gasteiger partial charge in [-0.2, -0.15) is 4.52 Å². The number of carbonyl (C=O) groups is 1. The molecular weight excluding hydrogens is 483 g/mol. The molecule has 0 fully saturated rings. The molecule has 0 saturated carbocycles. The van der Waals surface area contributed by atoms with Gasteiger partial charge >= 0.3 is 0 Å². The van der Waals surface area contributed by atoms with Gasteiger partial charge in [0, 0.05) is 30.0 Å². The molecule has 1 amide bonds. The van der Waals surface area contributed by atoms with E-state index in [1.807, 2.05) is 39.8 Å². The molecule has 3 N–H and O–H groups in total. The number of amides is 1. The van der Waals surface area contributed by atoms with E-state index in [1.54, 1.807) is 31.0 Å². The van der Waals surface area contributed by atoms with Crippen LogP contribution in [-0.4, -0.2) is 48.6 Å². The number of carbonyl (C=O) groups excluding carboxylic acids is 1. The zero-order valence-electron chi connectivity index (χ0n) is 23.0. The molecule has 0 spiro atoms. The Balaban J connectivity index is 1.46. The molecule has 0 aliphatic heterocycles. The SMILES string of the molecule is CCC(O)(CC)c1ccc(C(=O)N(C)[C@@H](C)CCC(C)c2nc3c4cc(F)cc(C)c4nc(N)n3n2)cc1. The summed E-state index contributed by atoms with van der Waals surface area (Å²) in [4.78, 5) is 24.0. The van der Waals surface area contributed by atoms with Crippen LogP contribution in [0.1, 0.15) is 86.6 Å². The Morgan fingerprint density at radius 3 is 2.42 bits per heavy atom. The van der Waals surface area contributed by atoms with E-state index in [-0.39, 0.29) is 29.6 Å². The lowest BCUT2D eigenvalue weighted by atomic mass is 9.88. The van der Waals surface area contributed by atoms with E-state index in [1.165, 1.54) is 16.6 Å². The van der Waals surface area contributed by atoms with Crippen LogP contribution in [0.5, 0.6) is 0 Å². The lowest BCUT2D eigenvalue weighted by Gasteiger charge is -2.27. The summed E-state index contributed by atoms with van der Waals surface area (Å²) in [5.41, 5.74) is 8.46. The molecule has 2 heterocycles. The van der Waals surface area contributed by atoms with Gasteiger partial charge in [0.05, 0.1) is 11.1 Å². The second kappa shape index (κ2) is 10.6. The van der Waals surface area contributed by atoms with Crippen LogP contribution in [-0.2, 0) is 5.60 Å². The molecule has 2 atom stereocenters. The molecule has 2 aromatic carbocycles. The normalized spacial score (nSPS) is 13.7. The fourth-order valence-electron chi connectivity index (χ4n) is 4.89. The lowest BCUT2D eigenvalue weighted by molar-refractivity contribution is 0.0283. The Kier molecular flexibility index (Phi) is 7.69. The Morgan fingerprint density at radius 1 is 1.13 bits per heavy atom. The van der Waals surface area contributed by atoms with Gasteiger partial charge in [-0.25, -0.2) is 14.4 Å². The third-order valence-corrected chi connectivity index (χ3v) is 7.85. The summed E-state index contributed by atoms with van der Waals surface area (Å²) in [5, 5.41) is 15.9. The fraction of sp³-hybridized carbons (Fsp3) is 0.448. The zero-order chi connectivity index (χ0) is 27.8. The predicted molar refractivity (Wildman–Crippen MR) is 148 cm³/mol. The van der Waals surface area contributed by atoms with Crippen molar-refractivity contribution in [2.75, 3.05) is 12.8 Å². The predicted octanol–water partition coefficient (Wildman–Crippen LogP) is 5.36. The number of anilines is 1. The highest BCUT2D eigenvalue weighted by molar-refractivity contribution is 5.94. The number of hydrogen-bond acceptors (Lipinski definition) is 6. The van der Waals surface area contributed by atoms with Crippen LogP contribution in [0.2, 0.25) is 0 Å². The first-order valence-corrected chi connectivity index (χ1v) is 13.2. The number of aryl methyl sites for hydroxylation is 1. The summed E-state index contributed by atoms with van der Waals surface area (Å²) >= 11 is 0. The molecule has 4 rings (SSSR count). The number of rotatable bonds is 9. The summed E-state index contributed by atoms with van der Waals surface area (Å²) in [7, 11) is 1.80. The molecule has 202 valence electrons. The molecule has 8 nitrogen and oxygen atoms in total. The number of aromatic nitrogens is 4. The third kappa shape index (κ3) is 5.07. The van der Waals surface area contributed by atoms with E-state index in [9.17, 15) is 14.3 Å². The van der Waals surface area contributed by atoms with Crippen LogP contribution in [0.25, 0.3) is 16.6 Å². The van der Waals surface area contributed by atoms with Gasteiger partial charge in [0.15, 0.2) is 11.5 Å². The second-order valence-electron chi connectivity index (χ2n) is 10.4. The van der Waals surface area contributed by atoms with Gasteiger partial charge in [0.1, 0.15) is 5.82 Å². The van der Waals surface area contributed by atoms with Crippen LogP contribution >= 0.6 is 0 Å². The summed E-state index contributed by atoms with van der Waals surface area (Å²) < 4.78 is 15.6. The molecule has 9 heteroatoms. The molecule has 0 aliphatic carbocycles. The fourth-order valence-corrected chi connectivity index (χ4v) is 4.89. The number of nitrogens with zero attached hydrogens (tertiary/aromatic N) is 5. The molecule has 1 unspecified atom stereocenters. The van der Waals surface area contributed by atoms with Crippen molar-refractivity contribution in [2.24, 2.45) is 0 Å². The summed E-state index contributed by atoms with van der Waals surface area (Å²) in [6, 6.07) is 10.1. The number of halogens is 1. The molecular formula is C29H37FN6O2. The smallest absolute Gasteiger partial charge is 0.253 e. The van der Waals surface area contributed by atoms with Gasteiger partial charge in [-0.1, -0.05) is 32.9 Å². The average Bonchev–Trinajstić information content (AvgIpc) is 3.38. The standard InChI is InChI=1S/C29H37FN6O2/c1-7-29(38,8-2)21-13-11-20(12-14-21)27(37)35(6)19(5)10-9-17(3)25-33-26-23-16-22(30)15-18(4)24(23)32-28(31)36(26)34-25/h11-17,19,38H,7-10H2,1-6H3,(H2,31,32)/t17?,19-/m0/s1. The first kappa shape index (κ1) is 27.4. The Bertz CT molecular complexity index is 1460. The van der Waals surface area contributed by atoms with Gasteiger partial charge in [0.2, 0.25) is 5.95 Å². The maximum Gasteiger partial charge on any atom is 0.253 e. The van der Waals surface area contributed by atoms with E-state index in [0.29, 0.717) is 46.3 Å². The summed E-state index contributed by atoms with van der Waals surface area (Å²) in [6.45, 7) is 9.75. The molecule has 2 aromatic heterocycles. The number of hydrogen-bond donors (Lipinski definition) is 2. The molecule has 4 aromatic rings. The van der Waals surface area contributed by atoms with Crippen LogP contribution in [0.4, 0.5) is 10.3 Å². The number of fused-ring (bicyclic) bond motifs is 3. The van der Waals surface area contributed by atoms with Crippen LogP contribution in [0.3, 0.4) is 0 Å². The van der Waals surface area contributed by atoms with Crippen molar-refractivity contribution in [1.29, 1.82) is 0 Å². The van der Waals surface area contributed by atoms with Crippen LogP contribution < -0.4 is 5.73 Å². The van der Waals surface area contributed by atoms with E-state index < -0.39 is 5.60 Å². The third-order valence-electron chi connectivity index (χ3n) is 7.85. The Labute approximate surface area is 222 Å². The van der Waals surface area contributed by atoms with E-state index in [0.717, 1.165) is 18.4 Å². The molecule has 0 saturated heterocycles. The Hall–Kier alpha value is -3.59. The second-order valence-corrected chi connectivity index (χ2v) is 10.4. The maximum absolute atomic E-state index is 14.1. The van der Waals surface area contributed by atoms with Crippen molar-refractivity contribution in [1.82, 2.24) is 24.5 Å². The lowest BCUT2D eigenvalue weighted by Crippen LogP contribution is -2.35. The zero-order valence-corrected chi connectivity index (χ0v) is 23.0. The molecule has 38 heavy (non-hydrogen) atoms. The molecule has 0 bridgehead atoms. The van der Waals surface area contributed by atoms with Gasteiger partial charge in [0.25, 0.3) is 5.91 Å². The van der Waals surface area contributed by atoms with Crippen molar-refractivity contribution < 1.29 is 14.3 Å². The monoisotopic (exact) mass is 520 g/mol. The maximum atomic E-state index is 14.1. The average molecular weight is 521 g/mol. The quantitative estimate of drug-likeness (QED) is 0.308. The summed E-state index contributed by atoms with van der Waals surface area (Å²) in [5.74, 6) is 0.369.